The summed E-state index contributed by atoms with van der Waals surface area (Å²) in [6.45, 7) is 5.18. The molecule has 0 bridgehead atoms. The van der Waals surface area contributed by atoms with Crippen LogP contribution >= 0.6 is 0 Å². The molecule has 25 heavy (non-hydrogen) atoms. The van der Waals surface area contributed by atoms with E-state index in [1.807, 2.05) is 12.1 Å². The van der Waals surface area contributed by atoms with Crippen LogP contribution in [0.25, 0.3) is 11.5 Å². The molecule has 1 aliphatic rings. The molecule has 4 rings (SSSR count). The average Bonchev–Trinajstić information content (AvgIpc) is 3.15. The molecule has 0 saturated carbocycles. The first-order valence-electron chi connectivity index (χ1n) is 8.79. The molecular weight excluding hydrogens is 312 g/mol. The molecule has 1 atom stereocenters. The van der Waals surface area contributed by atoms with Gasteiger partial charge in [-0.3, -0.25) is 9.88 Å². The zero-order valence-electron chi connectivity index (χ0n) is 14.4. The van der Waals surface area contributed by atoms with Crippen molar-refractivity contribution in [2.24, 2.45) is 0 Å². The van der Waals surface area contributed by atoms with Crippen LogP contribution in [0.2, 0.25) is 0 Å². The second kappa shape index (κ2) is 7.15. The number of pyridine rings is 1. The van der Waals surface area contributed by atoms with Gasteiger partial charge in [0.2, 0.25) is 11.8 Å². The highest BCUT2D eigenvalue weighted by molar-refractivity contribution is 5.50. The lowest BCUT2D eigenvalue weighted by molar-refractivity contribution is 0.186. The summed E-state index contributed by atoms with van der Waals surface area (Å²) >= 11 is 0. The third kappa shape index (κ3) is 3.77. The second-order valence-corrected chi connectivity index (χ2v) is 6.74. The zero-order valence-corrected chi connectivity index (χ0v) is 14.4. The minimum atomic E-state index is 0.308. The summed E-state index contributed by atoms with van der Waals surface area (Å²) in [6.07, 6.45) is 5.73. The summed E-state index contributed by atoms with van der Waals surface area (Å²) in [4.78, 5) is 6.51. The molecule has 0 N–H and O–H groups in total. The van der Waals surface area contributed by atoms with E-state index in [1.165, 1.54) is 11.1 Å². The minimum Gasteiger partial charge on any atom is -0.420 e. The highest BCUT2D eigenvalue weighted by Crippen LogP contribution is 2.29. The van der Waals surface area contributed by atoms with Gasteiger partial charge in [0.15, 0.2) is 0 Å². The summed E-state index contributed by atoms with van der Waals surface area (Å²) in [7, 11) is 0. The molecule has 1 fully saturated rings. The second-order valence-electron chi connectivity index (χ2n) is 6.74. The molecule has 0 spiro atoms. The van der Waals surface area contributed by atoms with Gasteiger partial charge in [-0.2, -0.15) is 0 Å². The molecule has 1 aromatic carbocycles. The van der Waals surface area contributed by atoms with Gasteiger partial charge in [0, 0.05) is 31.0 Å². The average molecular weight is 334 g/mol. The van der Waals surface area contributed by atoms with Crippen molar-refractivity contribution in [3.05, 3.63) is 65.8 Å². The Morgan fingerprint density at radius 1 is 1.08 bits per heavy atom. The van der Waals surface area contributed by atoms with Crippen molar-refractivity contribution in [2.45, 2.75) is 32.2 Å². The van der Waals surface area contributed by atoms with E-state index in [0.717, 1.165) is 43.9 Å². The molecule has 0 unspecified atom stereocenters. The van der Waals surface area contributed by atoms with Crippen LogP contribution in [0, 0.1) is 6.92 Å². The predicted octanol–water partition coefficient (Wildman–Crippen LogP) is 3.82. The molecule has 3 aromatic rings. The quantitative estimate of drug-likeness (QED) is 0.726. The first kappa shape index (κ1) is 16.0. The number of aromatic nitrogens is 3. The van der Waals surface area contributed by atoms with Gasteiger partial charge >= 0.3 is 0 Å². The van der Waals surface area contributed by atoms with E-state index < -0.39 is 0 Å². The maximum Gasteiger partial charge on any atom is 0.247 e. The van der Waals surface area contributed by atoms with E-state index in [9.17, 15) is 0 Å². The third-order valence-electron chi connectivity index (χ3n) is 4.75. The van der Waals surface area contributed by atoms with Crippen molar-refractivity contribution in [2.75, 3.05) is 13.1 Å². The van der Waals surface area contributed by atoms with Crippen LogP contribution in [0.4, 0.5) is 0 Å². The van der Waals surface area contributed by atoms with E-state index in [1.54, 1.807) is 12.4 Å². The fraction of sp³-hybridized carbons (Fsp3) is 0.350. The Morgan fingerprint density at radius 3 is 2.68 bits per heavy atom. The lowest BCUT2D eigenvalue weighted by Gasteiger charge is -2.31. The number of likely N-dealkylation sites (tertiary alicyclic amines) is 1. The van der Waals surface area contributed by atoms with Crippen LogP contribution in [0.3, 0.4) is 0 Å². The topological polar surface area (TPSA) is 55.1 Å². The van der Waals surface area contributed by atoms with Gasteiger partial charge in [-0.25, -0.2) is 0 Å². The Morgan fingerprint density at radius 2 is 1.88 bits per heavy atom. The van der Waals surface area contributed by atoms with Crippen molar-refractivity contribution < 1.29 is 4.42 Å². The van der Waals surface area contributed by atoms with Crippen molar-refractivity contribution in [1.29, 1.82) is 0 Å². The molecule has 0 aliphatic carbocycles. The molecule has 1 aliphatic heterocycles. The number of piperidine rings is 1. The van der Waals surface area contributed by atoms with Gasteiger partial charge < -0.3 is 4.42 Å². The van der Waals surface area contributed by atoms with Crippen molar-refractivity contribution >= 4 is 0 Å². The van der Waals surface area contributed by atoms with E-state index in [4.69, 9.17) is 4.42 Å². The number of aryl methyl sites for hydroxylation is 1. The number of rotatable bonds is 4. The molecule has 1 saturated heterocycles. The first-order chi connectivity index (χ1) is 12.3. The summed E-state index contributed by atoms with van der Waals surface area (Å²) in [5, 5.41) is 8.52. The van der Waals surface area contributed by atoms with Gasteiger partial charge in [0.25, 0.3) is 0 Å². The lowest BCUT2D eigenvalue weighted by Crippen LogP contribution is -2.34. The van der Waals surface area contributed by atoms with Crippen molar-refractivity contribution in [3.8, 4) is 11.5 Å². The SMILES string of the molecule is Cc1ccc(CN2CCC[C@@H](c3nnc(-c4ccncc4)o3)C2)cc1. The molecular formula is C20H22N4O. The van der Waals surface area contributed by atoms with Crippen LogP contribution < -0.4 is 0 Å². The fourth-order valence-electron chi connectivity index (χ4n) is 3.36. The van der Waals surface area contributed by atoms with E-state index in [2.05, 4.69) is 51.3 Å². The highest BCUT2D eigenvalue weighted by atomic mass is 16.4. The third-order valence-corrected chi connectivity index (χ3v) is 4.75. The van der Waals surface area contributed by atoms with Gasteiger partial charge in [-0.1, -0.05) is 29.8 Å². The van der Waals surface area contributed by atoms with Gasteiger partial charge in [-0.05, 0) is 44.0 Å². The van der Waals surface area contributed by atoms with Crippen molar-refractivity contribution in [1.82, 2.24) is 20.1 Å². The minimum absolute atomic E-state index is 0.308. The lowest BCUT2D eigenvalue weighted by atomic mass is 9.97. The van der Waals surface area contributed by atoms with Gasteiger partial charge in [0.05, 0.1) is 5.92 Å². The Kier molecular flexibility index (Phi) is 4.57. The largest absolute Gasteiger partial charge is 0.420 e. The normalized spacial score (nSPS) is 18.4. The van der Waals surface area contributed by atoms with Crippen LogP contribution in [0.1, 0.15) is 35.8 Å². The van der Waals surface area contributed by atoms with Crippen LogP contribution in [0.15, 0.2) is 53.2 Å². The number of hydrogen-bond acceptors (Lipinski definition) is 5. The monoisotopic (exact) mass is 334 g/mol. The Balaban J connectivity index is 1.44. The molecule has 0 radical (unpaired) electrons. The van der Waals surface area contributed by atoms with Crippen LogP contribution in [-0.4, -0.2) is 33.2 Å². The summed E-state index contributed by atoms with van der Waals surface area (Å²) in [5.74, 6) is 1.63. The Hall–Kier alpha value is -2.53. The van der Waals surface area contributed by atoms with Gasteiger partial charge in [0.1, 0.15) is 0 Å². The van der Waals surface area contributed by atoms with E-state index in [0.29, 0.717) is 11.8 Å². The highest BCUT2D eigenvalue weighted by Gasteiger charge is 2.26. The summed E-state index contributed by atoms with van der Waals surface area (Å²) in [5.41, 5.74) is 3.57. The smallest absolute Gasteiger partial charge is 0.247 e. The molecule has 128 valence electrons. The van der Waals surface area contributed by atoms with Gasteiger partial charge in [-0.15, -0.1) is 10.2 Å². The van der Waals surface area contributed by atoms with Crippen LogP contribution in [-0.2, 0) is 6.54 Å². The number of nitrogens with zero attached hydrogens (tertiary/aromatic N) is 4. The number of benzene rings is 1. The van der Waals surface area contributed by atoms with E-state index in [-0.39, 0.29) is 0 Å². The molecule has 0 amide bonds. The number of hydrogen-bond donors (Lipinski definition) is 0. The summed E-state index contributed by atoms with van der Waals surface area (Å²) < 4.78 is 5.95. The first-order valence-corrected chi connectivity index (χ1v) is 8.79. The predicted molar refractivity (Wildman–Crippen MR) is 96.0 cm³/mol. The standard InChI is InChI=1S/C20H22N4O/c1-15-4-6-16(7-5-15)13-24-12-2-3-18(14-24)20-23-22-19(25-20)17-8-10-21-11-9-17/h4-11,18H,2-3,12-14H2,1H3/t18-/m1/s1. The molecule has 2 aromatic heterocycles. The van der Waals surface area contributed by atoms with E-state index >= 15 is 0 Å². The maximum absolute atomic E-state index is 5.95. The molecule has 3 heterocycles. The summed E-state index contributed by atoms with van der Waals surface area (Å²) in [6, 6.07) is 12.6. The fourth-order valence-corrected chi connectivity index (χ4v) is 3.36. The Labute approximate surface area is 147 Å². The maximum atomic E-state index is 5.95. The Bertz CT molecular complexity index is 813. The van der Waals surface area contributed by atoms with Crippen molar-refractivity contribution in [3.63, 3.8) is 0 Å². The zero-order chi connectivity index (χ0) is 17.1. The molecule has 5 nitrogen and oxygen atoms in total. The molecule has 5 heteroatoms. The van der Waals surface area contributed by atoms with Crippen LogP contribution in [0.5, 0.6) is 0 Å².